The molecule has 0 aromatic carbocycles. The maximum absolute atomic E-state index is 12.9. The lowest BCUT2D eigenvalue weighted by molar-refractivity contribution is -0.137. The van der Waals surface area contributed by atoms with Crippen molar-refractivity contribution in [2.45, 2.75) is 25.7 Å². The highest BCUT2D eigenvalue weighted by molar-refractivity contribution is 5.79. The molecule has 3 aromatic rings. The summed E-state index contributed by atoms with van der Waals surface area (Å²) >= 11 is 0. The first kappa shape index (κ1) is 15.8. The van der Waals surface area contributed by atoms with Crippen molar-refractivity contribution in [3.63, 3.8) is 0 Å². The molecule has 0 aliphatic carbocycles. The van der Waals surface area contributed by atoms with Gasteiger partial charge < -0.3 is 14.6 Å². The second-order valence-corrected chi connectivity index (χ2v) is 7.56. The van der Waals surface area contributed by atoms with Crippen LogP contribution in [0.2, 0.25) is 0 Å². The number of fused-ring (bicyclic) bond motifs is 3. The summed E-state index contributed by atoms with van der Waals surface area (Å²) in [5.41, 5.74) is 2.89. The van der Waals surface area contributed by atoms with E-state index in [0.29, 0.717) is 19.1 Å². The Morgan fingerprint density at radius 2 is 2.19 bits per heavy atom. The number of hydrogen-bond donors (Lipinski definition) is 1. The first-order valence-corrected chi connectivity index (χ1v) is 9.38. The van der Waals surface area contributed by atoms with E-state index in [1.807, 2.05) is 29.6 Å². The number of imidazole rings is 1. The summed E-state index contributed by atoms with van der Waals surface area (Å²) in [6.07, 6.45) is 7.48. The third-order valence-corrected chi connectivity index (χ3v) is 5.97. The normalized spacial score (nSPS) is 26.8. The molecule has 3 aromatic heterocycles. The number of piperidine rings is 1. The number of nitrogens with zero attached hydrogens (tertiary/aromatic N) is 4. The van der Waals surface area contributed by atoms with E-state index >= 15 is 0 Å². The molecular weight excluding hydrogens is 330 g/mol. The maximum atomic E-state index is 12.9. The SMILES string of the molecule is C[C@@H]1CCN(C(=O)[C@H]2CCOC2)C[C@@H]1c1ncc2cnc3[nH]ccc3n12. The van der Waals surface area contributed by atoms with Gasteiger partial charge in [-0.15, -0.1) is 0 Å². The third kappa shape index (κ3) is 2.41. The summed E-state index contributed by atoms with van der Waals surface area (Å²) < 4.78 is 7.60. The molecule has 0 radical (unpaired) electrons. The highest BCUT2D eigenvalue weighted by Crippen LogP contribution is 2.34. The zero-order chi connectivity index (χ0) is 17.7. The van der Waals surface area contributed by atoms with E-state index in [1.165, 1.54) is 0 Å². The topological polar surface area (TPSA) is 75.5 Å². The Labute approximate surface area is 151 Å². The molecule has 1 amide bonds. The quantitative estimate of drug-likeness (QED) is 0.766. The number of amides is 1. The zero-order valence-corrected chi connectivity index (χ0v) is 14.9. The number of H-pyrrole nitrogens is 1. The van der Waals surface area contributed by atoms with E-state index in [4.69, 9.17) is 9.72 Å². The van der Waals surface area contributed by atoms with E-state index < -0.39 is 0 Å². The molecule has 0 bridgehead atoms. The number of likely N-dealkylation sites (tertiary alicyclic amines) is 1. The van der Waals surface area contributed by atoms with Crippen LogP contribution in [0, 0.1) is 11.8 Å². The van der Waals surface area contributed by atoms with E-state index in [1.54, 1.807) is 0 Å². The molecule has 2 fully saturated rings. The number of carbonyl (C=O) groups is 1. The average Bonchev–Trinajstić information content (AvgIpc) is 3.40. The first-order chi connectivity index (χ1) is 12.7. The summed E-state index contributed by atoms with van der Waals surface area (Å²) in [4.78, 5) is 27.2. The minimum atomic E-state index is 0.0293. The van der Waals surface area contributed by atoms with Crippen LogP contribution in [0.25, 0.3) is 16.7 Å². The number of nitrogens with one attached hydrogen (secondary N) is 1. The van der Waals surface area contributed by atoms with Crippen LogP contribution in [0.5, 0.6) is 0 Å². The summed E-state index contributed by atoms with van der Waals surface area (Å²) in [6, 6.07) is 2.03. The lowest BCUT2D eigenvalue weighted by atomic mass is 9.85. The number of carbonyl (C=O) groups excluding carboxylic acids is 1. The number of hydrogen-bond acceptors (Lipinski definition) is 4. The highest BCUT2D eigenvalue weighted by Gasteiger charge is 2.36. The molecule has 0 saturated carbocycles. The predicted octanol–water partition coefficient (Wildman–Crippen LogP) is 2.20. The van der Waals surface area contributed by atoms with Crippen molar-refractivity contribution in [2.24, 2.45) is 11.8 Å². The molecule has 3 atom stereocenters. The van der Waals surface area contributed by atoms with Crippen molar-refractivity contribution in [3.8, 4) is 0 Å². The molecule has 2 saturated heterocycles. The molecule has 2 aliphatic rings. The van der Waals surface area contributed by atoms with Crippen LogP contribution < -0.4 is 0 Å². The van der Waals surface area contributed by atoms with Gasteiger partial charge in [0.1, 0.15) is 5.82 Å². The van der Waals surface area contributed by atoms with Crippen LogP contribution in [-0.4, -0.2) is 56.5 Å². The van der Waals surface area contributed by atoms with Crippen molar-refractivity contribution in [3.05, 3.63) is 30.5 Å². The van der Waals surface area contributed by atoms with Gasteiger partial charge in [0.15, 0.2) is 5.65 Å². The van der Waals surface area contributed by atoms with Gasteiger partial charge in [-0.2, -0.15) is 0 Å². The molecule has 26 heavy (non-hydrogen) atoms. The molecule has 2 aliphatic heterocycles. The average molecular weight is 353 g/mol. The molecular formula is C19H23N5O2. The van der Waals surface area contributed by atoms with Crippen molar-refractivity contribution >= 4 is 22.6 Å². The smallest absolute Gasteiger partial charge is 0.228 e. The maximum Gasteiger partial charge on any atom is 0.228 e. The van der Waals surface area contributed by atoms with Gasteiger partial charge in [0.2, 0.25) is 5.91 Å². The summed E-state index contributed by atoms with van der Waals surface area (Å²) in [6.45, 7) is 5.09. The molecule has 0 spiro atoms. The fourth-order valence-electron chi connectivity index (χ4n) is 4.36. The Morgan fingerprint density at radius 1 is 1.31 bits per heavy atom. The molecule has 5 heterocycles. The Balaban J connectivity index is 1.51. The Kier molecular flexibility index (Phi) is 3.70. The summed E-state index contributed by atoms with van der Waals surface area (Å²) in [5, 5.41) is 0. The lowest BCUT2D eigenvalue weighted by Gasteiger charge is -2.37. The second kappa shape index (κ2) is 6.09. The van der Waals surface area contributed by atoms with Gasteiger partial charge in [0.05, 0.1) is 36.0 Å². The van der Waals surface area contributed by atoms with Crippen molar-refractivity contribution < 1.29 is 9.53 Å². The first-order valence-electron chi connectivity index (χ1n) is 9.38. The minimum absolute atomic E-state index is 0.0293. The number of ether oxygens (including phenoxy) is 1. The fourth-order valence-corrected chi connectivity index (χ4v) is 4.36. The largest absolute Gasteiger partial charge is 0.381 e. The molecule has 5 rings (SSSR count). The third-order valence-electron chi connectivity index (χ3n) is 5.97. The molecule has 0 unspecified atom stereocenters. The van der Waals surface area contributed by atoms with Gasteiger partial charge in [0.25, 0.3) is 0 Å². The zero-order valence-electron chi connectivity index (χ0n) is 14.9. The number of aromatic amines is 1. The Morgan fingerprint density at radius 3 is 3.04 bits per heavy atom. The lowest BCUT2D eigenvalue weighted by Crippen LogP contribution is -2.45. The van der Waals surface area contributed by atoms with Crippen LogP contribution >= 0.6 is 0 Å². The van der Waals surface area contributed by atoms with Crippen LogP contribution in [0.1, 0.15) is 31.5 Å². The van der Waals surface area contributed by atoms with Gasteiger partial charge in [-0.05, 0) is 24.8 Å². The van der Waals surface area contributed by atoms with Crippen LogP contribution in [0.15, 0.2) is 24.7 Å². The monoisotopic (exact) mass is 353 g/mol. The van der Waals surface area contributed by atoms with Gasteiger partial charge in [-0.25, -0.2) is 9.97 Å². The predicted molar refractivity (Wildman–Crippen MR) is 96.9 cm³/mol. The Bertz CT molecular complexity index is 955. The van der Waals surface area contributed by atoms with Crippen LogP contribution in [-0.2, 0) is 9.53 Å². The minimum Gasteiger partial charge on any atom is -0.381 e. The summed E-state index contributed by atoms with van der Waals surface area (Å²) in [7, 11) is 0. The van der Waals surface area contributed by atoms with E-state index in [-0.39, 0.29) is 17.7 Å². The van der Waals surface area contributed by atoms with Crippen molar-refractivity contribution in [1.82, 2.24) is 24.3 Å². The number of rotatable bonds is 2. The van der Waals surface area contributed by atoms with E-state index in [0.717, 1.165) is 48.4 Å². The van der Waals surface area contributed by atoms with Crippen LogP contribution in [0.3, 0.4) is 0 Å². The van der Waals surface area contributed by atoms with E-state index in [9.17, 15) is 4.79 Å². The fraction of sp³-hybridized carbons (Fsp3) is 0.526. The molecule has 7 heteroatoms. The standard InChI is InChI=1S/C19H23N5O2/c1-12-3-6-23(19(25)13-4-7-26-11-13)10-15(12)18-22-9-14-8-21-17-16(24(14)18)2-5-20-17/h2,5,8-9,12-13,15,20H,3-4,6-7,10-11H2,1H3/t12-,13+,15+/m1/s1. The number of aromatic nitrogens is 4. The Hall–Kier alpha value is -2.41. The van der Waals surface area contributed by atoms with Crippen molar-refractivity contribution in [1.29, 1.82) is 0 Å². The summed E-state index contributed by atoms with van der Waals surface area (Å²) in [5.74, 6) is 2.00. The molecule has 1 N–H and O–H groups in total. The second-order valence-electron chi connectivity index (χ2n) is 7.56. The highest BCUT2D eigenvalue weighted by atomic mass is 16.5. The van der Waals surface area contributed by atoms with Gasteiger partial charge in [0, 0.05) is 31.8 Å². The van der Waals surface area contributed by atoms with Gasteiger partial charge >= 0.3 is 0 Å². The molecule has 7 nitrogen and oxygen atoms in total. The van der Waals surface area contributed by atoms with Gasteiger partial charge in [-0.1, -0.05) is 6.92 Å². The van der Waals surface area contributed by atoms with Crippen LogP contribution in [0.4, 0.5) is 0 Å². The van der Waals surface area contributed by atoms with Gasteiger partial charge in [-0.3, -0.25) is 9.20 Å². The van der Waals surface area contributed by atoms with Crippen molar-refractivity contribution in [2.75, 3.05) is 26.3 Å². The molecule has 136 valence electrons. The van der Waals surface area contributed by atoms with E-state index in [2.05, 4.69) is 21.3 Å².